The molecule has 1 heterocycles. The first-order valence-corrected chi connectivity index (χ1v) is 4.59. The van der Waals surface area contributed by atoms with Crippen LogP contribution in [0.4, 0.5) is 13.2 Å². The molecule has 78 valence electrons. The minimum Gasteiger partial charge on any atom is -0.400 e. The highest BCUT2D eigenvalue weighted by Gasteiger charge is 2.32. The summed E-state index contributed by atoms with van der Waals surface area (Å²) in [6, 6.07) is 0.815. The lowest BCUT2D eigenvalue weighted by molar-refractivity contribution is -0.275. The average molecular weight is 339 g/mol. The minimum absolute atomic E-state index is 0.00977. The monoisotopic (exact) mass is 339 g/mol. The summed E-state index contributed by atoms with van der Waals surface area (Å²) in [6.07, 6.45) is -4.90. The number of halogens is 5. The van der Waals surface area contributed by atoms with Crippen LogP contribution in [0.25, 0.3) is 0 Å². The quantitative estimate of drug-likeness (QED) is 0.631. The Bertz CT molecular complexity index is 403. The summed E-state index contributed by atoms with van der Waals surface area (Å²) >= 11 is 7.17. The molecule has 14 heavy (non-hydrogen) atoms. The van der Waals surface area contributed by atoms with Crippen molar-refractivity contribution >= 4 is 34.2 Å². The molecule has 0 atom stereocenters. The van der Waals surface area contributed by atoms with Crippen LogP contribution in [-0.2, 0) is 0 Å². The van der Waals surface area contributed by atoms with Gasteiger partial charge in [-0.3, -0.25) is 4.79 Å². The van der Waals surface area contributed by atoms with E-state index in [1.165, 1.54) is 0 Å². The van der Waals surface area contributed by atoms with E-state index >= 15 is 0 Å². The molecule has 0 aliphatic rings. The van der Waals surface area contributed by atoms with Crippen molar-refractivity contribution in [3.63, 3.8) is 0 Å². The van der Waals surface area contributed by atoms with Gasteiger partial charge in [-0.05, 0) is 22.6 Å². The van der Waals surface area contributed by atoms with Crippen LogP contribution in [0.5, 0.6) is 5.75 Å². The van der Waals surface area contributed by atoms with Crippen molar-refractivity contribution in [2.24, 2.45) is 0 Å². The van der Waals surface area contributed by atoms with Crippen LogP contribution >= 0.6 is 34.2 Å². The average Bonchev–Trinajstić information content (AvgIpc) is 1.97. The second-order valence-electron chi connectivity index (χ2n) is 2.17. The zero-order valence-corrected chi connectivity index (χ0v) is 9.20. The summed E-state index contributed by atoms with van der Waals surface area (Å²) in [5.74, 6) is -0.872. The van der Waals surface area contributed by atoms with Crippen LogP contribution in [0.1, 0.15) is 0 Å². The molecule has 0 aliphatic carbocycles. The fourth-order valence-corrected chi connectivity index (χ4v) is 1.21. The van der Waals surface area contributed by atoms with E-state index in [0.717, 1.165) is 6.07 Å². The van der Waals surface area contributed by atoms with Gasteiger partial charge in [0.15, 0.2) is 5.75 Å². The van der Waals surface area contributed by atoms with Crippen molar-refractivity contribution in [2.75, 3.05) is 0 Å². The number of alkyl halides is 3. The van der Waals surface area contributed by atoms with Crippen LogP contribution < -0.4 is 10.3 Å². The van der Waals surface area contributed by atoms with Crippen LogP contribution in [-0.4, -0.2) is 11.3 Å². The number of rotatable bonds is 1. The first-order chi connectivity index (χ1) is 6.29. The molecule has 0 amide bonds. The molecule has 0 unspecified atom stereocenters. The molecule has 1 rings (SSSR count). The van der Waals surface area contributed by atoms with E-state index in [1.807, 2.05) is 0 Å². The van der Waals surface area contributed by atoms with E-state index in [4.69, 9.17) is 11.6 Å². The summed E-state index contributed by atoms with van der Waals surface area (Å²) in [4.78, 5) is 13.0. The van der Waals surface area contributed by atoms with Gasteiger partial charge in [-0.2, -0.15) is 0 Å². The maximum Gasteiger partial charge on any atom is 0.573 e. The number of aromatic amines is 1. The van der Waals surface area contributed by atoms with Crippen molar-refractivity contribution in [1.29, 1.82) is 0 Å². The molecule has 8 heteroatoms. The van der Waals surface area contributed by atoms with Crippen LogP contribution in [0.2, 0.25) is 5.02 Å². The maximum absolute atomic E-state index is 11.7. The number of hydrogen-bond acceptors (Lipinski definition) is 2. The minimum atomic E-state index is -4.90. The van der Waals surface area contributed by atoms with Gasteiger partial charge in [0, 0.05) is 6.07 Å². The number of nitrogens with one attached hydrogen (secondary N) is 1. The third-order valence-electron chi connectivity index (χ3n) is 1.14. The second-order valence-corrected chi connectivity index (χ2v) is 3.66. The Morgan fingerprint density at radius 3 is 2.57 bits per heavy atom. The van der Waals surface area contributed by atoms with Gasteiger partial charge < -0.3 is 9.72 Å². The molecule has 0 saturated carbocycles. The lowest BCUT2D eigenvalue weighted by atomic mass is 10.4. The normalized spacial score (nSPS) is 11.5. The van der Waals surface area contributed by atoms with Crippen molar-refractivity contribution in [3.05, 3.63) is 25.1 Å². The Morgan fingerprint density at radius 2 is 2.07 bits per heavy atom. The van der Waals surface area contributed by atoms with Crippen LogP contribution in [0.3, 0.4) is 0 Å². The van der Waals surface area contributed by atoms with Gasteiger partial charge in [0.1, 0.15) is 0 Å². The van der Waals surface area contributed by atoms with Crippen LogP contribution in [0.15, 0.2) is 10.9 Å². The second kappa shape index (κ2) is 3.97. The first-order valence-electron chi connectivity index (χ1n) is 3.13. The fourth-order valence-electron chi connectivity index (χ4n) is 0.665. The molecule has 0 aliphatic heterocycles. The third-order valence-corrected chi connectivity index (χ3v) is 2.61. The van der Waals surface area contributed by atoms with E-state index in [2.05, 4.69) is 9.72 Å². The third kappa shape index (κ3) is 3.05. The SMILES string of the molecule is O=c1[nH]c(I)c(Cl)cc1OC(F)(F)F. The molecule has 0 aromatic carbocycles. The molecular formula is C6H2ClF3INO2. The number of hydrogen-bond donors (Lipinski definition) is 1. The van der Waals surface area contributed by atoms with Crippen molar-refractivity contribution in [1.82, 2.24) is 4.98 Å². The van der Waals surface area contributed by atoms with Crippen molar-refractivity contribution < 1.29 is 17.9 Å². The van der Waals surface area contributed by atoms with Gasteiger partial charge >= 0.3 is 6.36 Å². The van der Waals surface area contributed by atoms with Gasteiger partial charge in [0.2, 0.25) is 0 Å². The molecule has 0 saturated heterocycles. The summed E-state index contributed by atoms with van der Waals surface area (Å²) in [5.41, 5.74) is -0.976. The highest BCUT2D eigenvalue weighted by Crippen LogP contribution is 2.23. The molecule has 1 N–H and O–H groups in total. The lowest BCUT2D eigenvalue weighted by Crippen LogP contribution is -2.23. The number of aromatic nitrogens is 1. The van der Waals surface area contributed by atoms with E-state index in [9.17, 15) is 18.0 Å². The Hall–Kier alpha value is -0.440. The molecule has 1 aromatic rings. The molecule has 0 radical (unpaired) electrons. The van der Waals surface area contributed by atoms with E-state index < -0.39 is 17.7 Å². The molecule has 1 aromatic heterocycles. The Morgan fingerprint density at radius 1 is 1.50 bits per heavy atom. The highest BCUT2D eigenvalue weighted by atomic mass is 127. The predicted molar refractivity (Wildman–Crippen MR) is 51.5 cm³/mol. The smallest absolute Gasteiger partial charge is 0.400 e. The summed E-state index contributed by atoms with van der Waals surface area (Å²) in [5, 5.41) is -0.00977. The van der Waals surface area contributed by atoms with Gasteiger partial charge in [-0.25, -0.2) is 0 Å². The summed E-state index contributed by atoms with van der Waals surface area (Å²) in [6.45, 7) is 0. The summed E-state index contributed by atoms with van der Waals surface area (Å²) < 4.78 is 38.9. The van der Waals surface area contributed by atoms with Crippen LogP contribution in [0, 0.1) is 3.70 Å². The topological polar surface area (TPSA) is 42.1 Å². The first kappa shape index (κ1) is 11.6. The molecule has 0 spiro atoms. The fraction of sp³-hybridized carbons (Fsp3) is 0.167. The Kier molecular flexibility index (Phi) is 3.30. The molecule has 0 bridgehead atoms. The van der Waals surface area contributed by atoms with E-state index in [-0.39, 0.29) is 8.72 Å². The standard InChI is InChI=1S/C6H2ClF3INO2/c7-2-1-3(14-6(8,9)10)5(13)12-4(2)11/h1H,(H,12,13). The largest absolute Gasteiger partial charge is 0.573 e. The zero-order chi connectivity index (χ0) is 10.9. The molecular weight excluding hydrogens is 337 g/mol. The predicted octanol–water partition coefficient (Wildman–Crippen LogP) is 2.53. The van der Waals surface area contributed by atoms with Gasteiger partial charge in [-0.1, -0.05) is 11.6 Å². The van der Waals surface area contributed by atoms with Gasteiger partial charge in [0.25, 0.3) is 5.56 Å². The lowest BCUT2D eigenvalue weighted by Gasteiger charge is -2.08. The molecule has 0 fully saturated rings. The zero-order valence-electron chi connectivity index (χ0n) is 6.28. The maximum atomic E-state index is 11.7. The Balaban J connectivity index is 3.11. The molecule has 3 nitrogen and oxygen atoms in total. The number of H-pyrrole nitrogens is 1. The van der Waals surface area contributed by atoms with Gasteiger partial charge in [-0.15, -0.1) is 13.2 Å². The van der Waals surface area contributed by atoms with Crippen molar-refractivity contribution in [2.45, 2.75) is 6.36 Å². The van der Waals surface area contributed by atoms with Gasteiger partial charge in [0.05, 0.1) is 8.72 Å². The van der Waals surface area contributed by atoms with E-state index in [0.29, 0.717) is 0 Å². The Labute approximate surface area is 94.4 Å². The number of ether oxygens (including phenoxy) is 1. The van der Waals surface area contributed by atoms with Crippen molar-refractivity contribution in [3.8, 4) is 5.75 Å². The summed E-state index contributed by atoms with van der Waals surface area (Å²) in [7, 11) is 0. The number of pyridine rings is 1. The van der Waals surface area contributed by atoms with E-state index in [1.54, 1.807) is 22.6 Å². The highest BCUT2D eigenvalue weighted by molar-refractivity contribution is 14.1.